The molecule has 3 aromatic heterocycles. The molecule has 0 unspecified atom stereocenters. The van der Waals surface area contributed by atoms with Gasteiger partial charge in [0.2, 0.25) is 0 Å². The van der Waals surface area contributed by atoms with Crippen LogP contribution in [-0.4, -0.2) is 29.6 Å². The Morgan fingerprint density at radius 1 is 1.14 bits per heavy atom. The molecule has 21 heavy (non-hydrogen) atoms. The van der Waals surface area contributed by atoms with Gasteiger partial charge in [-0.15, -0.1) is 15.3 Å². The molecule has 0 radical (unpaired) electrons. The molecule has 0 aromatic carbocycles. The number of aryl methyl sites for hydroxylation is 1. The molecule has 3 aromatic rings. The summed E-state index contributed by atoms with van der Waals surface area (Å²) in [5.74, 6) is 0.855. The fourth-order valence-corrected chi connectivity index (χ4v) is 2.19. The molecular formula is C15H18N6. The van der Waals surface area contributed by atoms with Gasteiger partial charge in [-0.3, -0.25) is 4.40 Å². The van der Waals surface area contributed by atoms with E-state index in [0.717, 1.165) is 36.4 Å². The van der Waals surface area contributed by atoms with Crippen molar-refractivity contribution in [2.45, 2.75) is 32.7 Å². The van der Waals surface area contributed by atoms with E-state index in [1.165, 1.54) is 0 Å². The number of hydrogen-bond donors (Lipinski definition) is 0. The Bertz CT molecular complexity index is 739. The van der Waals surface area contributed by atoms with Crippen LogP contribution in [-0.2, 0) is 13.0 Å². The number of nitrogens with zero attached hydrogens (tertiary/aromatic N) is 6. The SMILES string of the molecule is CCC=CCCc1cn(Cc2nnc3ccccn23)nn1. The van der Waals surface area contributed by atoms with Gasteiger partial charge in [-0.05, 0) is 31.4 Å². The highest BCUT2D eigenvalue weighted by atomic mass is 15.4. The zero-order chi connectivity index (χ0) is 14.5. The van der Waals surface area contributed by atoms with Crippen LogP contribution < -0.4 is 0 Å². The lowest BCUT2D eigenvalue weighted by atomic mass is 10.2. The molecule has 0 aliphatic rings. The minimum Gasteiger partial charge on any atom is -0.285 e. The fraction of sp³-hybridized carbons (Fsp3) is 0.333. The summed E-state index contributed by atoms with van der Waals surface area (Å²) in [6.07, 6.45) is 11.3. The van der Waals surface area contributed by atoms with Gasteiger partial charge in [0.05, 0.1) is 5.69 Å². The first-order valence-corrected chi connectivity index (χ1v) is 7.19. The van der Waals surface area contributed by atoms with Crippen molar-refractivity contribution in [3.63, 3.8) is 0 Å². The summed E-state index contributed by atoms with van der Waals surface area (Å²) < 4.78 is 3.77. The van der Waals surface area contributed by atoms with Crippen LogP contribution in [0.2, 0.25) is 0 Å². The van der Waals surface area contributed by atoms with Gasteiger partial charge in [-0.2, -0.15) is 0 Å². The monoisotopic (exact) mass is 282 g/mol. The van der Waals surface area contributed by atoms with E-state index in [4.69, 9.17) is 0 Å². The molecule has 0 aliphatic carbocycles. The van der Waals surface area contributed by atoms with Crippen LogP contribution in [0.25, 0.3) is 5.65 Å². The number of hydrogen-bond acceptors (Lipinski definition) is 4. The number of fused-ring (bicyclic) bond motifs is 1. The number of aromatic nitrogens is 6. The molecule has 0 saturated heterocycles. The van der Waals surface area contributed by atoms with E-state index < -0.39 is 0 Å². The maximum Gasteiger partial charge on any atom is 0.160 e. The molecule has 3 rings (SSSR count). The maximum atomic E-state index is 4.20. The fourth-order valence-electron chi connectivity index (χ4n) is 2.19. The first kappa shape index (κ1) is 13.5. The van der Waals surface area contributed by atoms with Crippen LogP contribution in [0.4, 0.5) is 0 Å². The molecule has 0 amide bonds. The lowest BCUT2D eigenvalue weighted by Gasteiger charge is -1.98. The highest BCUT2D eigenvalue weighted by Crippen LogP contribution is 2.05. The van der Waals surface area contributed by atoms with Gasteiger partial charge in [0.25, 0.3) is 0 Å². The van der Waals surface area contributed by atoms with Crippen LogP contribution in [0, 0.1) is 0 Å². The second-order valence-electron chi connectivity index (χ2n) is 4.87. The van der Waals surface area contributed by atoms with E-state index in [-0.39, 0.29) is 0 Å². The highest BCUT2D eigenvalue weighted by Gasteiger charge is 2.07. The van der Waals surface area contributed by atoms with Crippen LogP contribution >= 0.6 is 0 Å². The maximum absolute atomic E-state index is 4.20. The normalized spacial score (nSPS) is 11.7. The van der Waals surface area contributed by atoms with Gasteiger partial charge in [0, 0.05) is 12.4 Å². The zero-order valence-electron chi connectivity index (χ0n) is 12.1. The predicted octanol–water partition coefficient (Wildman–Crippen LogP) is 2.27. The Hall–Kier alpha value is -2.50. The van der Waals surface area contributed by atoms with Crippen molar-refractivity contribution in [2.75, 3.05) is 0 Å². The van der Waals surface area contributed by atoms with E-state index >= 15 is 0 Å². The second-order valence-corrected chi connectivity index (χ2v) is 4.87. The first-order valence-electron chi connectivity index (χ1n) is 7.19. The molecule has 0 fully saturated rings. The molecule has 6 nitrogen and oxygen atoms in total. The molecule has 6 heteroatoms. The van der Waals surface area contributed by atoms with Crippen molar-refractivity contribution in [1.29, 1.82) is 0 Å². The van der Waals surface area contributed by atoms with E-state index in [1.54, 1.807) is 0 Å². The van der Waals surface area contributed by atoms with Crippen molar-refractivity contribution >= 4 is 5.65 Å². The number of allylic oxidation sites excluding steroid dienone is 2. The topological polar surface area (TPSA) is 60.9 Å². The summed E-state index contributed by atoms with van der Waals surface area (Å²) in [7, 11) is 0. The van der Waals surface area contributed by atoms with Crippen LogP contribution in [0.1, 0.15) is 31.3 Å². The van der Waals surface area contributed by atoms with Crippen molar-refractivity contribution < 1.29 is 0 Å². The average molecular weight is 282 g/mol. The van der Waals surface area contributed by atoms with Crippen molar-refractivity contribution in [3.8, 4) is 0 Å². The summed E-state index contributed by atoms with van der Waals surface area (Å²) in [6, 6.07) is 5.85. The van der Waals surface area contributed by atoms with Gasteiger partial charge in [0.15, 0.2) is 11.5 Å². The smallest absolute Gasteiger partial charge is 0.160 e. The van der Waals surface area contributed by atoms with Gasteiger partial charge in [0.1, 0.15) is 6.54 Å². The molecule has 0 bridgehead atoms. The zero-order valence-corrected chi connectivity index (χ0v) is 12.1. The molecule has 0 atom stereocenters. The van der Waals surface area contributed by atoms with Crippen molar-refractivity contribution in [1.82, 2.24) is 29.6 Å². The second kappa shape index (κ2) is 6.30. The number of pyridine rings is 1. The molecule has 3 heterocycles. The minimum atomic E-state index is 0.572. The van der Waals surface area contributed by atoms with Crippen molar-refractivity contribution in [2.24, 2.45) is 0 Å². The molecule has 0 saturated carbocycles. The predicted molar refractivity (Wildman–Crippen MR) is 79.9 cm³/mol. The summed E-state index contributed by atoms with van der Waals surface area (Å²) in [5, 5.41) is 16.7. The van der Waals surface area contributed by atoms with Crippen LogP contribution in [0.5, 0.6) is 0 Å². The Morgan fingerprint density at radius 2 is 2.10 bits per heavy atom. The van der Waals surface area contributed by atoms with Gasteiger partial charge >= 0.3 is 0 Å². The molecule has 0 N–H and O–H groups in total. The Kier molecular flexibility index (Phi) is 4.04. The van der Waals surface area contributed by atoms with Gasteiger partial charge in [-0.1, -0.05) is 30.4 Å². The molecule has 108 valence electrons. The Morgan fingerprint density at radius 3 is 3.00 bits per heavy atom. The van der Waals surface area contributed by atoms with E-state index in [2.05, 4.69) is 39.6 Å². The van der Waals surface area contributed by atoms with Gasteiger partial charge in [-0.25, -0.2) is 4.68 Å². The quantitative estimate of drug-likeness (QED) is 0.651. The Balaban J connectivity index is 1.68. The van der Waals surface area contributed by atoms with Gasteiger partial charge < -0.3 is 0 Å². The minimum absolute atomic E-state index is 0.572. The number of rotatable bonds is 6. The third-order valence-electron chi connectivity index (χ3n) is 3.24. The molecule has 0 aliphatic heterocycles. The standard InChI is InChI=1S/C15H18N6/c1-2-3-4-5-8-13-11-20(19-16-13)12-15-18-17-14-9-6-7-10-21(14)15/h3-4,6-7,9-11H,2,5,8,12H2,1H3. The molecule has 0 spiro atoms. The van der Waals surface area contributed by atoms with E-state index in [9.17, 15) is 0 Å². The third-order valence-corrected chi connectivity index (χ3v) is 3.24. The summed E-state index contributed by atoms with van der Waals surface area (Å²) in [6.45, 7) is 2.71. The Labute approximate surface area is 123 Å². The lowest BCUT2D eigenvalue weighted by Crippen LogP contribution is -2.04. The average Bonchev–Trinajstić information content (AvgIpc) is 3.12. The third kappa shape index (κ3) is 3.16. The van der Waals surface area contributed by atoms with Crippen molar-refractivity contribution in [3.05, 3.63) is 54.3 Å². The van der Waals surface area contributed by atoms with E-state index in [1.807, 2.05) is 39.7 Å². The summed E-state index contributed by atoms with van der Waals surface area (Å²) in [5.41, 5.74) is 1.85. The van der Waals surface area contributed by atoms with Crippen LogP contribution in [0.15, 0.2) is 42.7 Å². The first-order chi connectivity index (χ1) is 10.4. The molecular weight excluding hydrogens is 264 g/mol. The van der Waals surface area contributed by atoms with Crippen LogP contribution in [0.3, 0.4) is 0 Å². The highest BCUT2D eigenvalue weighted by molar-refractivity contribution is 5.36. The summed E-state index contributed by atoms with van der Waals surface area (Å²) in [4.78, 5) is 0. The lowest BCUT2D eigenvalue weighted by molar-refractivity contribution is 0.620. The largest absolute Gasteiger partial charge is 0.285 e. The van der Waals surface area contributed by atoms with E-state index in [0.29, 0.717) is 6.54 Å². The summed E-state index contributed by atoms with van der Waals surface area (Å²) >= 11 is 0.